The number of hydrogen-bond acceptors (Lipinski definition) is 5. The number of sulfonamides is 1. The molecule has 1 aromatic carbocycles. The third kappa shape index (κ3) is 4.66. The molecule has 1 aliphatic rings. The van der Waals surface area contributed by atoms with Crippen LogP contribution in [-0.4, -0.2) is 62.5 Å². The predicted octanol–water partition coefficient (Wildman–Crippen LogP) is 1.18. The molecule has 1 saturated heterocycles. The number of hydrogen-bond donors (Lipinski definition) is 1. The summed E-state index contributed by atoms with van der Waals surface area (Å²) in [4.78, 5) is 2.51. The van der Waals surface area contributed by atoms with E-state index in [1.807, 2.05) is 30.3 Å². The minimum atomic E-state index is -3.56. The number of nitrogens with zero attached hydrogens (tertiary/aromatic N) is 3. The minimum absolute atomic E-state index is 0.225. The number of rotatable bonds is 7. The normalized spacial score (nSPS) is 16.2. The summed E-state index contributed by atoms with van der Waals surface area (Å²) in [6.07, 6.45) is 2.33. The van der Waals surface area contributed by atoms with E-state index in [2.05, 4.69) is 14.7 Å². The molecule has 2 heterocycles. The lowest BCUT2D eigenvalue weighted by Crippen LogP contribution is -2.38. The number of aromatic nitrogens is 2. The molecular weight excluding hydrogens is 340 g/mol. The first-order chi connectivity index (χ1) is 12.1. The number of para-hydroxylation sites is 1. The molecule has 0 saturated carbocycles. The van der Waals surface area contributed by atoms with Crippen molar-refractivity contribution in [2.75, 3.05) is 39.4 Å². The van der Waals surface area contributed by atoms with Gasteiger partial charge in [-0.05, 0) is 32.0 Å². The fourth-order valence-electron chi connectivity index (χ4n) is 2.83. The van der Waals surface area contributed by atoms with Crippen LogP contribution in [0.2, 0.25) is 0 Å². The van der Waals surface area contributed by atoms with Gasteiger partial charge < -0.3 is 4.74 Å². The molecule has 2 aromatic rings. The van der Waals surface area contributed by atoms with Crippen LogP contribution in [0, 0.1) is 6.92 Å². The summed E-state index contributed by atoms with van der Waals surface area (Å²) in [6, 6.07) is 9.47. The Labute approximate surface area is 148 Å². The zero-order chi connectivity index (χ0) is 17.7. The van der Waals surface area contributed by atoms with Gasteiger partial charge in [0.2, 0.25) is 10.0 Å². The molecule has 0 unspecified atom stereocenters. The summed E-state index contributed by atoms with van der Waals surface area (Å²) in [5, 5.41) is 4.32. The van der Waals surface area contributed by atoms with Crippen molar-refractivity contribution in [2.45, 2.75) is 18.2 Å². The van der Waals surface area contributed by atoms with Gasteiger partial charge in [0.1, 0.15) is 4.90 Å². The molecule has 1 aliphatic heterocycles. The number of morpholine rings is 1. The van der Waals surface area contributed by atoms with Crippen LogP contribution >= 0.6 is 0 Å². The molecule has 1 N–H and O–H groups in total. The Morgan fingerprint density at radius 3 is 2.64 bits per heavy atom. The third-order valence-electron chi connectivity index (χ3n) is 4.21. The quantitative estimate of drug-likeness (QED) is 0.747. The highest BCUT2D eigenvalue weighted by Gasteiger charge is 2.20. The maximum atomic E-state index is 12.6. The number of benzene rings is 1. The van der Waals surface area contributed by atoms with Crippen LogP contribution in [0.4, 0.5) is 0 Å². The molecule has 136 valence electrons. The predicted molar refractivity (Wildman–Crippen MR) is 95.4 cm³/mol. The Morgan fingerprint density at radius 1 is 1.20 bits per heavy atom. The third-order valence-corrected chi connectivity index (χ3v) is 5.78. The summed E-state index contributed by atoms with van der Waals surface area (Å²) in [5.74, 6) is 0. The Hall–Kier alpha value is -1.74. The van der Waals surface area contributed by atoms with Gasteiger partial charge >= 0.3 is 0 Å². The number of nitrogens with one attached hydrogen (secondary N) is 1. The molecule has 1 aromatic heterocycles. The molecule has 3 rings (SSSR count). The Balaban J connectivity index is 1.59. The minimum Gasteiger partial charge on any atom is -0.379 e. The molecular formula is C17H24N4O3S. The first-order valence-electron chi connectivity index (χ1n) is 8.48. The highest BCUT2D eigenvalue weighted by Crippen LogP contribution is 2.16. The van der Waals surface area contributed by atoms with E-state index in [-0.39, 0.29) is 4.90 Å². The van der Waals surface area contributed by atoms with Gasteiger partial charge in [0, 0.05) is 19.6 Å². The van der Waals surface area contributed by atoms with Crippen molar-refractivity contribution in [1.82, 2.24) is 19.4 Å². The second-order valence-electron chi connectivity index (χ2n) is 6.06. The fraction of sp³-hybridized carbons (Fsp3) is 0.471. The molecule has 8 heteroatoms. The molecule has 0 amide bonds. The van der Waals surface area contributed by atoms with E-state index < -0.39 is 10.0 Å². The van der Waals surface area contributed by atoms with Gasteiger partial charge in [-0.1, -0.05) is 18.2 Å². The molecule has 0 atom stereocenters. The second kappa shape index (κ2) is 8.09. The Kier molecular flexibility index (Phi) is 5.85. The van der Waals surface area contributed by atoms with E-state index in [0.717, 1.165) is 45.0 Å². The first-order valence-corrected chi connectivity index (χ1v) is 9.96. The average Bonchev–Trinajstić information content (AvgIpc) is 3.03. The van der Waals surface area contributed by atoms with Gasteiger partial charge in [0.15, 0.2) is 0 Å². The van der Waals surface area contributed by atoms with E-state index in [4.69, 9.17) is 4.74 Å². The highest BCUT2D eigenvalue weighted by molar-refractivity contribution is 7.89. The van der Waals surface area contributed by atoms with Crippen molar-refractivity contribution in [3.63, 3.8) is 0 Å². The second-order valence-corrected chi connectivity index (χ2v) is 7.80. The fourth-order valence-corrected chi connectivity index (χ4v) is 4.07. The maximum absolute atomic E-state index is 12.6. The van der Waals surface area contributed by atoms with Crippen LogP contribution in [0.5, 0.6) is 0 Å². The summed E-state index contributed by atoms with van der Waals surface area (Å²) >= 11 is 0. The van der Waals surface area contributed by atoms with Gasteiger partial charge in [0.25, 0.3) is 0 Å². The maximum Gasteiger partial charge on any atom is 0.243 e. The van der Waals surface area contributed by atoms with Crippen molar-refractivity contribution in [2.24, 2.45) is 0 Å². The van der Waals surface area contributed by atoms with Crippen molar-refractivity contribution < 1.29 is 13.2 Å². The van der Waals surface area contributed by atoms with Crippen LogP contribution in [0.1, 0.15) is 12.1 Å². The molecule has 25 heavy (non-hydrogen) atoms. The molecule has 0 bridgehead atoms. The van der Waals surface area contributed by atoms with E-state index in [9.17, 15) is 8.42 Å². The SMILES string of the molecule is Cc1nn(-c2ccccc2)cc1S(=O)(=O)NCCCN1CCOCC1. The summed E-state index contributed by atoms with van der Waals surface area (Å²) in [7, 11) is -3.56. The molecule has 0 spiro atoms. The largest absolute Gasteiger partial charge is 0.379 e. The van der Waals surface area contributed by atoms with Crippen LogP contribution in [0.3, 0.4) is 0 Å². The van der Waals surface area contributed by atoms with Crippen LogP contribution < -0.4 is 4.72 Å². The summed E-state index contributed by atoms with van der Waals surface area (Å²) in [6.45, 7) is 6.32. The smallest absolute Gasteiger partial charge is 0.243 e. The van der Waals surface area contributed by atoms with Crippen molar-refractivity contribution in [3.05, 3.63) is 42.2 Å². The number of ether oxygens (including phenoxy) is 1. The van der Waals surface area contributed by atoms with Crippen LogP contribution in [0.25, 0.3) is 5.69 Å². The zero-order valence-electron chi connectivity index (χ0n) is 14.4. The topological polar surface area (TPSA) is 76.5 Å². The lowest BCUT2D eigenvalue weighted by Gasteiger charge is -2.26. The lowest BCUT2D eigenvalue weighted by molar-refractivity contribution is 0.0376. The number of aryl methyl sites for hydroxylation is 1. The lowest BCUT2D eigenvalue weighted by atomic mass is 10.3. The van der Waals surface area contributed by atoms with Crippen molar-refractivity contribution >= 4 is 10.0 Å². The monoisotopic (exact) mass is 364 g/mol. The van der Waals surface area contributed by atoms with Gasteiger partial charge in [0.05, 0.1) is 30.8 Å². The van der Waals surface area contributed by atoms with Crippen molar-refractivity contribution in [1.29, 1.82) is 0 Å². The van der Waals surface area contributed by atoms with E-state index in [1.165, 1.54) is 0 Å². The van der Waals surface area contributed by atoms with Crippen LogP contribution in [0.15, 0.2) is 41.4 Å². The van der Waals surface area contributed by atoms with E-state index >= 15 is 0 Å². The zero-order valence-corrected chi connectivity index (χ0v) is 15.2. The molecule has 7 nitrogen and oxygen atoms in total. The average molecular weight is 364 g/mol. The summed E-state index contributed by atoms with van der Waals surface area (Å²) in [5.41, 5.74) is 1.32. The Bertz CT molecular complexity index is 783. The van der Waals surface area contributed by atoms with Gasteiger partial charge in [-0.3, -0.25) is 4.90 Å². The molecule has 1 fully saturated rings. The molecule has 0 aliphatic carbocycles. The van der Waals surface area contributed by atoms with E-state index in [1.54, 1.807) is 17.8 Å². The van der Waals surface area contributed by atoms with Gasteiger partial charge in [-0.15, -0.1) is 0 Å². The van der Waals surface area contributed by atoms with E-state index in [0.29, 0.717) is 12.2 Å². The van der Waals surface area contributed by atoms with Crippen LogP contribution in [-0.2, 0) is 14.8 Å². The highest BCUT2D eigenvalue weighted by atomic mass is 32.2. The summed E-state index contributed by atoms with van der Waals surface area (Å²) < 4.78 is 34.7. The first kappa shape index (κ1) is 18.1. The standard InChI is InChI=1S/C17H24N4O3S/c1-15-17(14-21(19-15)16-6-3-2-4-7-16)25(22,23)18-8-5-9-20-10-12-24-13-11-20/h2-4,6-7,14,18H,5,8-13H2,1H3. The van der Waals surface area contributed by atoms with Gasteiger partial charge in [-0.25, -0.2) is 17.8 Å². The molecule has 0 radical (unpaired) electrons. The Morgan fingerprint density at radius 2 is 1.92 bits per heavy atom. The van der Waals surface area contributed by atoms with Gasteiger partial charge in [-0.2, -0.15) is 5.10 Å². The van der Waals surface area contributed by atoms with Crippen molar-refractivity contribution in [3.8, 4) is 5.69 Å².